The summed E-state index contributed by atoms with van der Waals surface area (Å²) in [6, 6.07) is 8.75. The summed E-state index contributed by atoms with van der Waals surface area (Å²) in [5, 5.41) is 30.7. The van der Waals surface area contributed by atoms with Gasteiger partial charge in [0.1, 0.15) is 0 Å². The van der Waals surface area contributed by atoms with Crippen LogP contribution in [0.2, 0.25) is 0 Å². The van der Waals surface area contributed by atoms with Gasteiger partial charge in [0.15, 0.2) is 11.5 Å². The van der Waals surface area contributed by atoms with E-state index in [1.54, 1.807) is 12.3 Å². The summed E-state index contributed by atoms with van der Waals surface area (Å²) >= 11 is 0. The Balaban J connectivity index is 2.35. The molecular formula is C23H27NO6. The molecule has 0 aliphatic rings. The molecule has 0 spiro atoms. The molecule has 0 unspecified atom stereocenters. The van der Waals surface area contributed by atoms with Crippen LogP contribution in [0.3, 0.4) is 0 Å². The number of fused-ring (bicyclic) bond motifs is 1. The number of benzene rings is 2. The van der Waals surface area contributed by atoms with Crippen molar-refractivity contribution in [2.24, 2.45) is 0 Å². The van der Waals surface area contributed by atoms with Crippen molar-refractivity contribution in [3.63, 3.8) is 0 Å². The Hall–Kier alpha value is -2.87. The minimum absolute atomic E-state index is 0.137. The van der Waals surface area contributed by atoms with Gasteiger partial charge in [-0.05, 0) is 71.1 Å². The first-order valence-corrected chi connectivity index (χ1v) is 9.99. The Kier molecular flexibility index (Phi) is 7.10. The first kappa shape index (κ1) is 21.8. The fourth-order valence-corrected chi connectivity index (χ4v) is 3.65. The maximum atomic E-state index is 12.5. The van der Waals surface area contributed by atoms with Crippen LogP contribution >= 0.6 is 0 Å². The summed E-state index contributed by atoms with van der Waals surface area (Å²) < 4.78 is 12.9. The molecule has 3 rings (SSSR count). The molecule has 1 aromatic heterocycles. The third-order valence-corrected chi connectivity index (χ3v) is 4.96. The van der Waals surface area contributed by atoms with E-state index in [4.69, 9.17) is 14.6 Å². The number of pyridine rings is 1. The average Bonchev–Trinajstić information content (AvgIpc) is 2.74. The third kappa shape index (κ3) is 4.18. The van der Waals surface area contributed by atoms with Gasteiger partial charge < -0.3 is 29.4 Å². The van der Waals surface area contributed by atoms with Crippen molar-refractivity contribution < 1.29 is 24.8 Å². The lowest BCUT2D eigenvalue weighted by atomic mass is 9.90. The molecule has 0 aliphatic heterocycles. The SMILES string of the molecule is CCOc1cc2cc(CO)c(CO)c(-c3ccn(CCO)c(=O)c3)c2cc1OCC. The summed E-state index contributed by atoms with van der Waals surface area (Å²) in [6.45, 7) is 4.23. The van der Waals surface area contributed by atoms with Crippen LogP contribution in [0.5, 0.6) is 11.5 Å². The number of aliphatic hydroxyl groups excluding tert-OH is 3. The highest BCUT2D eigenvalue weighted by molar-refractivity contribution is 6.01. The van der Waals surface area contributed by atoms with Gasteiger partial charge in [0, 0.05) is 18.8 Å². The summed E-state index contributed by atoms with van der Waals surface area (Å²) in [6.07, 6.45) is 1.62. The molecule has 0 saturated carbocycles. The monoisotopic (exact) mass is 413 g/mol. The van der Waals surface area contributed by atoms with Crippen molar-refractivity contribution in [2.75, 3.05) is 19.8 Å². The first-order valence-electron chi connectivity index (χ1n) is 9.99. The molecule has 0 aliphatic carbocycles. The second-order valence-electron chi connectivity index (χ2n) is 6.76. The number of nitrogens with zero attached hydrogens (tertiary/aromatic N) is 1. The van der Waals surface area contributed by atoms with Gasteiger partial charge in [0.25, 0.3) is 5.56 Å². The lowest BCUT2D eigenvalue weighted by molar-refractivity contribution is 0.260. The Morgan fingerprint density at radius 1 is 0.933 bits per heavy atom. The highest BCUT2D eigenvalue weighted by Crippen LogP contribution is 2.40. The van der Waals surface area contributed by atoms with Gasteiger partial charge in [-0.15, -0.1) is 0 Å². The molecule has 2 aromatic carbocycles. The largest absolute Gasteiger partial charge is 0.490 e. The van der Waals surface area contributed by atoms with E-state index >= 15 is 0 Å². The van der Waals surface area contributed by atoms with Gasteiger partial charge in [-0.1, -0.05) is 0 Å². The van der Waals surface area contributed by atoms with Crippen LogP contribution in [0, 0.1) is 0 Å². The van der Waals surface area contributed by atoms with E-state index < -0.39 is 0 Å². The van der Waals surface area contributed by atoms with Crippen molar-refractivity contribution in [3.05, 3.63) is 58.0 Å². The number of hydrogen-bond donors (Lipinski definition) is 3. The predicted octanol–water partition coefficient (Wildman–Crippen LogP) is 2.44. The molecule has 1 heterocycles. The maximum absolute atomic E-state index is 12.5. The predicted molar refractivity (Wildman–Crippen MR) is 115 cm³/mol. The molecule has 7 nitrogen and oxygen atoms in total. The van der Waals surface area contributed by atoms with Crippen molar-refractivity contribution in [2.45, 2.75) is 33.6 Å². The van der Waals surface area contributed by atoms with E-state index in [-0.39, 0.29) is 31.9 Å². The molecule has 0 amide bonds. The molecule has 3 aromatic rings. The molecule has 7 heteroatoms. The molecule has 3 N–H and O–H groups in total. The van der Waals surface area contributed by atoms with Crippen molar-refractivity contribution >= 4 is 10.8 Å². The topological polar surface area (TPSA) is 101 Å². The number of hydrogen-bond acceptors (Lipinski definition) is 6. The average molecular weight is 413 g/mol. The van der Waals surface area contributed by atoms with E-state index in [2.05, 4.69) is 0 Å². The minimum Gasteiger partial charge on any atom is -0.490 e. The van der Waals surface area contributed by atoms with Crippen LogP contribution in [0.4, 0.5) is 0 Å². The van der Waals surface area contributed by atoms with E-state index in [0.29, 0.717) is 47.0 Å². The highest BCUT2D eigenvalue weighted by atomic mass is 16.5. The van der Waals surface area contributed by atoms with Gasteiger partial charge in [0.2, 0.25) is 0 Å². The number of aliphatic hydroxyl groups is 3. The van der Waals surface area contributed by atoms with Crippen LogP contribution in [-0.4, -0.2) is 39.7 Å². The molecule has 0 bridgehead atoms. The fraction of sp³-hybridized carbons (Fsp3) is 0.348. The van der Waals surface area contributed by atoms with Crippen molar-refractivity contribution in [1.29, 1.82) is 0 Å². The van der Waals surface area contributed by atoms with E-state index in [1.165, 1.54) is 10.6 Å². The standard InChI is InChI=1S/C23H27NO6/c1-3-29-20-10-16-9-17(13-26)19(14-27)23(18(16)12-21(20)30-4-2)15-5-6-24(7-8-25)22(28)11-15/h5-6,9-12,25-27H,3-4,7-8,13-14H2,1-2H3. The summed E-state index contributed by atoms with van der Waals surface area (Å²) in [5.41, 5.74) is 2.15. The molecule has 30 heavy (non-hydrogen) atoms. The lowest BCUT2D eigenvalue weighted by Crippen LogP contribution is -2.20. The van der Waals surface area contributed by atoms with Crippen LogP contribution in [-0.2, 0) is 19.8 Å². The zero-order chi connectivity index (χ0) is 21.7. The van der Waals surface area contributed by atoms with Crippen molar-refractivity contribution in [3.8, 4) is 22.6 Å². The fourth-order valence-electron chi connectivity index (χ4n) is 3.65. The van der Waals surface area contributed by atoms with Crippen LogP contribution in [0.1, 0.15) is 25.0 Å². The number of aromatic nitrogens is 1. The zero-order valence-electron chi connectivity index (χ0n) is 17.2. The molecule has 0 radical (unpaired) electrons. The summed E-state index contributed by atoms with van der Waals surface area (Å²) in [5.74, 6) is 1.17. The van der Waals surface area contributed by atoms with Crippen LogP contribution in [0.15, 0.2) is 41.3 Å². The Bertz CT molecular complexity index is 1090. The molecular weight excluding hydrogens is 386 g/mol. The summed E-state index contributed by atoms with van der Waals surface area (Å²) in [4.78, 5) is 12.5. The first-order chi connectivity index (χ1) is 14.6. The molecule has 0 saturated heterocycles. The normalized spacial score (nSPS) is 11.1. The Morgan fingerprint density at radius 3 is 2.20 bits per heavy atom. The maximum Gasteiger partial charge on any atom is 0.251 e. The highest BCUT2D eigenvalue weighted by Gasteiger charge is 2.18. The second kappa shape index (κ2) is 9.75. The number of rotatable bonds is 9. The Morgan fingerprint density at radius 2 is 1.63 bits per heavy atom. The summed E-state index contributed by atoms with van der Waals surface area (Å²) in [7, 11) is 0. The van der Waals surface area contributed by atoms with E-state index in [0.717, 1.165) is 10.8 Å². The molecule has 0 atom stereocenters. The second-order valence-corrected chi connectivity index (χ2v) is 6.76. The smallest absolute Gasteiger partial charge is 0.251 e. The number of ether oxygens (including phenoxy) is 2. The van der Waals surface area contributed by atoms with Gasteiger partial charge in [-0.3, -0.25) is 4.79 Å². The van der Waals surface area contributed by atoms with E-state index in [9.17, 15) is 15.0 Å². The quantitative estimate of drug-likeness (QED) is 0.498. The van der Waals surface area contributed by atoms with Crippen LogP contribution < -0.4 is 15.0 Å². The van der Waals surface area contributed by atoms with Gasteiger partial charge in [0.05, 0.1) is 33.0 Å². The third-order valence-electron chi connectivity index (χ3n) is 4.96. The molecule has 0 fully saturated rings. The van der Waals surface area contributed by atoms with Crippen molar-refractivity contribution in [1.82, 2.24) is 4.57 Å². The van der Waals surface area contributed by atoms with E-state index in [1.807, 2.05) is 32.0 Å². The van der Waals surface area contributed by atoms with Gasteiger partial charge >= 0.3 is 0 Å². The Labute approximate surface area is 174 Å². The van der Waals surface area contributed by atoms with Gasteiger partial charge in [-0.2, -0.15) is 0 Å². The van der Waals surface area contributed by atoms with Crippen LogP contribution in [0.25, 0.3) is 21.9 Å². The molecule has 160 valence electrons. The lowest BCUT2D eigenvalue weighted by Gasteiger charge is -2.19. The zero-order valence-corrected chi connectivity index (χ0v) is 17.2. The van der Waals surface area contributed by atoms with Gasteiger partial charge in [-0.25, -0.2) is 0 Å². The minimum atomic E-state index is -0.294.